The van der Waals surface area contributed by atoms with Gasteiger partial charge in [-0.15, -0.1) is 0 Å². The Morgan fingerprint density at radius 2 is 1.74 bits per heavy atom. The molecule has 0 aliphatic carbocycles. The molecule has 1 atom stereocenters. The number of amides is 1. The fraction of sp³-hybridized carbons (Fsp3) is 0.250. The Labute approximate surface area is 129 Å². The first-order chi connectivity index (χ1) is 10.8. The van der Waals surface area contributed by atoms with Crippen LogP contribution >= 0.6 is 0 Å². The summed E-state index contributed by atoms with van der Waals surface area (Å²) in [5, 5.41) is 12.4. The van der Waals surface area contributed by atoms with Gasteiger partial charge in [0.25, 0.3) is 0 Å². The summed E-state index contributed by atoms with van der Waals surface area (Å²) in [6.07, 6.45) is -5.63. The van der Waals surface area contributed by atoms with Gasteiger partial charge in [-0.25, -0.2) is 0 Å². The smallest absolute Gasteiger partial charge is 0.471 e. The molecule has 0 spiro atoms. The number of rotatable bonds is 5. The molecule has 0 fully saturated rings. The minimum absolute atomic E-state index is 0.00104. The number of carboxylic acids is 1. The number of fused-ring (bicyclic) bond motifs is 1. The topological polar surface area (TPSA) is 66.4 Å². The predicted molar refractivity (Wildman–Crippen MR) is 77.9 cm³/mol. The van der Waals surface area contributed by atoms with Gasteiger partial charge < -0.3 is 10.4 Å². The van der Waals surface area contributed by atoms with E-state index in [1.165, 1.54) is 0 Å². The standard InChI is InChI=1S/C16H14F3NO3/c17-16(18,19)15(23)20-13(9-14(21)22)8-10-5-6-11-3-1-2-4-12(11)7-10/h1-7,13H,8-9H2,(H,20,23)(H,21,22)/t13-/m1/s1. The van der Waals surface area contributed by atoms with Crippen LogP contribution in [0.15, 0.2) is 42.5 Å². The van der Waals surface area contributed by atoms with Crippen LogP contribution in [0.5, 0.6) is 0 Å². The van der Waals surface area contributed by atoms with Crippen molar-refractivity contribution in [1.29, 1.82) is 0 Å². The summed E-state index contributed by atoms with van der Waals surface area (Å²) in [7, 11) is 0. The molecule has 0 aromatic heterocycles. The van der Waals surface area contributed by atoms with Crippen molar-refractivity contribution in [2.45, 2.75) is 25.1 Å². The number of hydrogen-bond acceptors (Lipinski definition) is 2. The molecule has 4 nitrogen and oxygen atoms in total. The maximum atomic E-state index is 12.3. The average Bonchev–Trinajstić information content (AvgIpc) is 2.45. The monoisotopic (exact) mass is 325 g/mol. The maximum Gasteiger partial charge on any atom is 0.471 e. The minimum atomic E-state index is -5.04. The number of nitrogens with one attached hydrogen (secondary N) is 1. The lowest BCUT2D eigenvalue weighted by atomic mass is 10.00. The van der Waals surface area contributed by atoms with Crippen LogP contribution < -0.4 is 5.32 Å². The van der Waals surface area contributed by atoms with E-state index in [0.717, 1.165) is 10.8 Å². The molecule has 7 heteroatoms. The molecule has 0 saturated carbocycles. The van der Waals surface area contributed by atoms with Gasteiger partial charge in [0.05, 0.1) is 6.42 Å². The third-order valence-electron chi connectivity index (χ3n) is 3.31. The van der Waals surface area contributed by atoms with Gasteiger partial charge in [0, 0.05) is 6.04 Å². The van der Waals surface area contributed by atoms with Gasteiger partial charge in [0.2, 0.25) is 0 Å². The van der Waals surface area contributed by atoms with Crippen molar-refractivity contribution in [2.75, 3.05) is 0 Å². The fourth-order valence-electron chi connectivity index (χ4n) is 2.30. The van der Waals surface area contributed by atoms with Crippen LogP contribution in [-0.2, 0) is 16.0 Å². The molecule has 0 unspecified atom stereocenters. The second kappa shape index (κ2) is 6.68. The molecule has 0 aliphatic rings. The van der Waals surface area contributed by atoms with E-state index in [1.807, 2.05) is 24.3 Å². The van der Waals surface area contributed by atoms with Gasteiger partial charge in [0.1, 0.15) is 0 Å². The van der Waals surface area contributed by atoms with Crippen LogP contribution in [0.4, 0.5) is 13.2 Å². The number of aliphatic carboxylic acids is 1. The third kappa shape index (κ3) is 4.70. The van der Waals surface area contributed by atoms with Crippen molar-refractivity contribution < 1.29 is 27.9 Å². The van der Waals surface area contributed by atoms with E-state index in [2.05, 4.69) is 0 Å². The van der Waals surface area contributed by atoms with Gasteiger partial charge in [-0.2, -0.15) is 13.2 Å². The van der Waals surface area contributed by atoms with Crippen molar-refractivity contribution in [1.82, 2.24) is 5.32 Å². The van der Waals surface area contributed by atoms with Crippen molar-refractivity contribution in [2.24, 2.45) is 0 Å². The number of benzene rings is 2. The van der Waals surface area contributed by atoms with Crippen LogP contribution in [0.3, 0.4) is 0 Å². The quantitative estimate of drug-likeness (QED) is 0.888. The zero-order chi connectivity index (χ0) is 17.0. The van der Waals surface area contributed by atoms with E-state index in [4.69, 9.17) is 5.11 Å². The molecule has 0 aliphatic heterocycles. The van der Waals surface area contributed by atoms with E-state index >= 15 is 0 Å². The Kier molecular flexibility index (Phi) is 4.88. The molecule has 0 saturated heterocycles. The van der Waals surface area contributed by atoms with Gasteiger partial charge in [-0.05, 0) is 22.8 Å². The first kappa shape index (κ1) is 16.8. The van der Waals surface area contributed by atoms with Crippen LogP contribution in [0.2, 0.25) is 0 Å². The lowest BCUT2D eigenvalue weighted by Crippen LogP contribution is -2.45. The number of halogens is 3. The van der Waals surface area contributed by atoms with E-state index in [-0.39, 0.29) is 6.42 Å². The Morgan fingerprint density at radius 3 is 2.35 bits per heavy atom. The van der Waals surface area contributed by atoms with Crippen LogP contribution in [-0.4, -0.2) is 29.2 Å². The second-order valence-electron chi connectivity index (χ2n) is 5.15. The lowest BCUT2D eigenvalue weighted by molar-refractivity contribution is -0.174. The average molecular weight is 325 g/mol. The molecule has 0 bridgehead atoms. The minimum Gasteiger partial charge on any atom is -0.481 e. The summed E-state index contributed by atoms with van der Waals surface area (Å²) in [6.45, 7) is 0. The van der Waals surface area contributed by atoms with E-state index in [9.17, 15) is 22.8 Å². The summed E-state index contributed by atoms with van der Waals surface area (Å²) in [4.78, 5) is 21.8. The van der Waals surface area contributed by atoms with E-state index in [0.29, 0.717) is 5.56 Å². The van der Waals surface area contributed by atoms with Crippen molar-refractivity contribution in [3.63, 3.8) is 0 Å². The molecular weight excluding hydrogens is 311 g/mol. The second-order valence-corrected chi connectivity index (χ2v) is 5.15. The number of carbonyl (C=O) groups excluding carboxylic acids is 1. The SMILES string of the molecule is O=C(O)C[C@@H](Cc1ccc2ccccc2c1)NC(=O)C(F)(F)F. The van der Waals surface area contributed by atoms with Gasteiger partial charge in [0.15, 0.2) is 0 Å². The maximum absolute atomic E-state index is 12.3. The van der Waals surface area contributed by atoms with Gasteiger partial charge >= 0.3 is 18.1 Å². The summed E-state index contributed by atoms with van der Waals surface area (Å²) in [5.41, 5.74) is 0.650. The van der Waals surface area contributed by atoms with Gasteiger partial charge in [-0.1, -0.05) is 42.5 Å². The molecular formula is C16H14F3NO3. The molecule has 23 heavy (non-hydrogen) atoms. The normalized spacial score (nSPS) is 12.8. The molecule has 2 aromatic rings. The summed E-state index contributed by atoms with van der Waals surface area (Å²) < 4.78 is 37.0. The Morgan fingerprint density at radius 1 is 1.09 bits per heavy atom. The highest BCUT2D eigenvalue weighted by Gasteiger charge is 2.39. The predicted octanol–water partition coefficient (Wildman–Crippen LogP) is 2.90. The van der Waals surface area contributed by atoms with Crippen molar-refractivity contribution in [3.8, 4) is 0 Å². The Bertz CT molecular complexity index is 728. The Balaban J connectivity index is 2.18. The Hall–Kier alpha value is -2.57. The van der Waals surface area contributed by atoms with Crippen LogP contribution in [0.1, 0.15) is 12.0 Å². The molecule has 2 rings (SSSR count). The largest absolute Gasteiger partial charge is 0.481 e. The van der Waals surface area contributed by atoms with Crippen molar-refractivity contribution in [3.05, 3.63) is 48.0 Å². The van der Waals surface area contributed by atoms with Gasteiger partial charge in [-0.3, -0.25) is 9.59 Å². The first-order valence-electron chi connectivity index (χ1n) is 6.83. The summed E-state index contributed by atoms with van der Waals surface area (Å²) in [6, 6.07) is 11.6. The number of alkyl halides is 3. The molecule has 2 aromatic carbocycles. The number of carboxylic acid groups (broad SMARTS) is 1. The zero-order valence-electron chi connectivity index (χ0n) is 11.9. The molecule has 0 radical (unpaired) electrons. The summed E-state index contributed by atoms with van der Waals surface area (Å²) >= 11 is 0. The highest BCUT2D eigenvalue weighted by Crippen LogP contribution is 2.19. The van der Waals surface area contributed by atoms with Crippen LogP contribution in [0.25, 0.3) is 10.8 Å². The number of carbonyl (C=O) groups is 2. The lowest BCUT2D eigenvalue weighted by Gasteiger charge is -2.18. The first-order valence-corrected chi connectivity index (χ1v) is 6.83. The molecule has 1 amide bonds. The highest BCUT2D eigenvalue weighted by molar-refractivity contribution is 5.84. The number of hydrogen-bond donors (Lipinski definition) is 2. The van der Waals surface area contributed by atoms with E-state index < -0.39 is 30.5 Å². The molecule has 122 valence electrons. The van der Waals surface area contributed by atoms with Crippen molar-refractivity contribution >= 4 is 22.6 Å². The highest BCUT2D eigenvalue weighted by atomic mass is 19.4. The van der Waals surface area contributed by atoms with Crippen LogP contribution in [0, 0.1) is 0 Å². The zero-order valence-corrected chi connectivity index (χ0v) is 11.9. The molecule has 2 N–H and O–H groups in total. The third-order valence-corrected chi connectivity index (χ3v) is 3.31. The summed E-state index contributed by atoms with van der Waals surface area (Å²) in [5.74, 6) is -3.41. The fourth-order valence-corrected chi connectivity index (χ4v) is 2.30. The van der Waals surface area contributed by atoms with E-state index in [1.54, 1.807) is 23.5 Å². The molecule has 0 heterocycles.